The van der Waals surface area contributed by atoms with E-state index in [9.17, 15) is 9.90 Å². The first kappa shape index (κ1) is 16.2. The van der Waals surface area contributed by atoms with Gasteiger partial charge in [-0.05, 0) is 38.1 Å². The number of carbonyl (C=O) groups is 1. The lowest BCUT2D eigenvalue weighted by Crippen LogP contribution is -2.37. The highest BCUT2D eigenvalue weighted by Gasteiger charge is 2.24. The normalized spacial score (nSPS) is 11.0. The minimum Gasteiger partial charge on any atom is -0.465 e. The molecule has 9 heteroatoms. The summed E-state index contributed by atoms with van der Waals surface area (Å²) in [7, 11) is 0. The van der Waals surface area contributed by atoms with Crippen LogP contribution in [0.25, 0.3) is 5.65 Å². The summed E-state index contributed by atoms with van der Waals surface area (Å²) in [5.41, 5.74) is 1.28. The summed E-state index contributed by atoms with van der Waals surface area (Å²) in [5, 5.41) is 20.7. The van der Waals surface area contributed by atoms with Gasteiger partial charge in [0, 0.05) is 28.6 Å². The molecule has 3 aromatic rings. The Morgan fingerprint density at radius 2 is 2.00 bits per heavy atom. The molecule has 2 heterocycles. The molecule has 0 saturated heterocycles. The molecular weight excluding hydrogens is 376 g/mol. The zero-order chi connectivity index (χ0) is 17.3. The summed E-state index contributed by atoms with van der Waals surface area (Å²) in [6.45, 7) is 3.55. The van der Waals surface area contributed by atoms with Gasteiger partial charge in [0.2, 0.25) is 11.6 Å². The number of anilines is 3. The lowest BCUT2D eigenvalue weighted by Gasteiger charge is -2.20. The SMILES string of the molecule is CC(C)N(C(=O)O)c1nnc2c(Nc3ccc(Br)cc3)nccn12. The third-order valence-corrected chi connectivity index (χ3v) is 3.88. The first-order valence-electron chi connectivity index (χ1n) is 7.22. The van der Waals surface area contributed by atoms with E-state index >= 15 is 0 Å². The smallest absolute Gasteiger partial charge is 0.414 e. The Bertz CT molecular complexity index is 877. The third-order valence-electron chi connectivity index (χ3n) is 3.35. The predicted octanol–water partition coefficient (Wildman–Crippen LogP) is 3.52. The third kappa shape index (κ3) is 3.02. The van der Waals surface area contributed by atoms with Crippen LogP contribution in [-0.4, -0.2) is 36.8 Å². The van der Waals surface area contributed by atoms with E-state index in [-0.39, 0.29) is 12.0 Å². The Hall–Kier alpha value is -2.68. The van der Waals surface area contributed by atoms with Crippen LogP contribution < -0.4 is 10.2 Å². The summed E-state index contributed by atoms with van der Waals surface area (Å²) in [6.07, 6.45) is 2.12. The lowest BCUT2D eigenvalue weighted by molar-refractivity contribution is 0.199. The molecule has 0 spiro atoms. The Labute approximate surface area is 146 Å². The molecule has 0 saturated carbocycles. The number of halogens is 1. The number of benzene rings is 1. The topological polar surface area (TPSA) is 95.7 Å². The van der Waals surface area contributed by atoms with Crippen molar-refractivity contribution in [3.8, 4) is 0 Å². The van der Waals surface area contributed by atoms with Gasteiger partial charge in [-0.1, -0.05) is 15.9 Å². The van der Waals surface area contributed by atoms with Crippen LogP contribution in [0.5, 0.6) is 0 Å². The van der Waals surface area contributed by atoms with Crippen molar-refractivity contribution in [2.45, 2.75) is 19.9 Å². The van der Waals surface area contributed by atoms with Crippen LogP contribution in [0.2, 0.25) is 0 Å². The highest BCUT2D eigenvalue weighted by atomic mass is 79.9. The average molecular weight is 391 g/mol. The molecule has 1 amide bonds. The number of fused-ring (bicyclic) bond motifs is 1. The number of rotatable bonds is 4. The van der Waals surface area contributed by atoms with Crippen molar-refractivity contribution in [3.05, 3.63) is 41.1 Å². The molecule has 0 fully saturated rings. The van der Waals surface area contributed by atoms with Crippen molar-refractivity contribution in [2.24, 2.45) is 0 Å². The fourth-order valence-corrected chi connectivity index (χ4v) is 2.54. The van der Waals surface area contributed by atoms with E-state index < -0.39 is 6.09 Å². The summed E-state index contributed by atoms with van der Waals surface area (Å²) in [5.74, 6) is 0.724. The Morgan fingerprint density at radius 1 is 1.29 bits per heavy atom. The van der Waals surface area contributed by atoms with Gasteiger partial charge in [0.05, 0.1) is 0 Å². The molecule has 1 aromatic carbocycles. The van der Waals surface area contributed by atoms with Crippen molar-refractivity contribution in [3.63, 3.8) is 0 Å². The molecule has 8 nitrogen and oxygen atoms in total. The Morgan fingerprint density at radius 3 is 2.62 bits per heavy atom. The van der Waals surface area contributed by atoms with E-state index in [0.717, 1.165) is 15.1 Å². The Balaban J connectivity index is 2.03. The molecule has 0 aliphatic carbocycles. The lowest BCUT2D eigenvalue weighted by atomic mass is 10.3. The average Bonchev–Trinajstić information content (AvgIpc) is 2.94. The second-order valence-electron chi connectivity index (χ2n) is 5.35. The maximum Gasteiger partial charge on any atom is 0.414 e. The van der Waals surface area contributed by atoms with E-state index in [4.69, 9.17) is 0 Å². The Kier molecular flexibility index (Phi) is 4.34. The van der Waals surface area contributed by atoms with E-state index in [2.05, 4.69) is 36.4 Å². The molecule has 0 aliphatic heterocycles. The van der Waals surface area contributed by atoms with Crippen molar-refractivity contribution < 1.29 is 9.90 Å². The molecule has 24 heavy (non-hydrogen) atoms. The predicted molar refractivity (Wildman–Crippen MR) is 93.8 cm³/mol. The summed E-state index contributed by atoms with van der Waals surface area (Å²) in [6, 6.07) is 7.32. The molecular formula is C15H15BrN6O2. The van der Waals surface area contributed by atoms with Gasteiger partial charge in [0.1, 0.15) is 0 Å². The number of nitrogens with one attached hydrogen (secondary N) is 1. The number of hydrogen-bond acceptors (Lipinski definition) is 5. The van der Waals surface area contributed by atoms with E-state index in [0.29, 0.717) is 11.5 Å². The van der Waals surface area contributed by atoms with Gasteiger partial charge in [-0.2, -0.15) is 0 Å². The zero-order valence-corrected chi connectivity index (χ0v) is 14.6. The van der Waals surface area contributed by atoms with Crippen LogP contribution in [-0.2, 0) is 0 Å². The van der Waals surface area contributed by atoms with Gasteiger partial charge in [-0.25, -0.2) is 14.7 Å². The van der Waals surface area contributed by atoms with Gasteiger partial charge >= 0.3 is 6.09 Å². The second kappa shape index (κ2) is 6.44. The van der Waals surface area contributed by atoms with Crippen LogP contribution >= 0.6 is 15.9 Å². The number of nitrogens with zero attached hydrogens (tertiary/aromatic N) is 5. The highest BCUT2D eigenvalue weighted by Crippen LogP contribution is 2.23. The maximum atomic E-state index is 11.5. The first-order chi connectivity index (χ1) is 11.5. The van der Waals surface area contributed by atoms with Crippen LogP contribution in [0.4, 0.5) is 22.2 Å². The molecule has 0 bridgehead atoms. The second-order valence-corrected chi connectivity index (χ2v) is 6.26. The first-order valence-corrected chi connectivity index (χ1v) is 8.01. The molecule has 2 N–H and O–H groups in total. The van der Waals surface area contributed by atoms with Crippen LogP contribution in [0, 0.1) is 0 Å². The number of carboxylic acid groups (broad SMARTS) is 1. The molecule has 3 rings (SSSR count). The van der Waals surface area contributed by atoms with E-state index in [1.807, 2.05) is 24.3 Å². The van der Waals surface area contributed by atoms with Gasteiger partial charge < -0.3 is 10.4 Å². The van der Waals surface area contributed by atoms with Crippen LogP contribution in [0.3, 0.4) is 0 Å². The maximum absolute atomic E-state index is 11.5. The monoisotopic (exact) mass is 390 g/mol. The molecule has 0 atom stereocenters. The highest BCUT2D eigenvalue weighted by molar-refractivity contribution is 9.10. The molecule has 2 aromatic heterocycles. The number of hydrogen-bond donors (Lipinski definition) is 2. The van der Waals surface area contributed by atoms with Crippen LogP contribution in [0.1, 0.15) is 13.8 Å². The standard InChI is InChI=1S/C15H15BrN6O2/c1-9(2)22(15(23)24)14-20-19-13-12(17-7-8-21(13)14)18-11-5-3-10(16)4-6-11/h3-9H,1-2H3,(H,17,18)(H,23,24). The summed E-state index contributed by atoms with van der Waals surface area (Å²) in [4.78, 5) is 16.9. The minimum atomic E-state index is -1.08. The van der Waals surface area contributed by atoms with Crippen molar-refractivity contribution >= 4 is 45.1 Å². The summed E-state index contributed by atoms with van der Waals surface area (Å²) < 4.78 is 2.57. The summed E-state index contributed by atoms with van der Waals surface area (Å²) >= 11 is 3.39. The molecule has 0 aliphatic rings. The van der Waals surface area contributed by atoms with Crippen molar-refractivity contribution in [1.29, 1.82) is 0 Å². The molecule has 0 unspecified atom stereocenters. The van der Waals surface area contributed by atoms with Gasteiger partial charge in [0.25, 0.3) is 0 Å². The molecule has 0 radical (unpaired) electrons. The van der Waals surface area contributed by atoms with E-state index in [1.165, 1.54) is 0 Å². The van der Waals surface area contributed by atoms with Crippen molar-refractivity contribution in [2.75, 3.05) is 10.2 Å². The fourth-order valence-electron chi connectivity index (χ4n) is 2.27. The van der Waals surface area contributed by atoms with Gasteiger partial charge in [-0.3, -0.25) is 4.40 Å². The zero-order valence-electron chi connectivity index (χ0n) is 13.0. The number of aromatic nitrogens is 4. The van der Waals surface area contributed by atoms with Crippen LogP contribution in [0.15, 0.2) is 41.1 Å². The number of amides is 1. The van der Waals surface area contributed by atoms with Crippen molar-refractivity contribution in [1.82, 2.24) is 19.6 Å². The van der Waals surface area contributed by atoms with Gasteiger partial charge in [-0.15, -0.1) is 10.2 Å². The fraction of sp³-hybridized carbons (Fsp3) is 0.200. The van der Waals surface area contributed by atoms with Gasteiger partial charge in [0.15, 0.2) is 5.82 Å². The molecule has 124 valence electrons. The quantitative estimate of drug-likeness (QED) is 0.707. The largest absolute Gasteiger partial charge is 0.465 e. The van der Waals surface area contributed by atoms with E-state index in [1.54, 1.807) is 30.6 Å². The minimum absolute atomic E-state index is 0.230.